The van der Waals surface area contributed by atoms with Crippen LogP contribution in [0.4, 0.5) is 0 Å². The molecule has 0 bridgehead atoms. The number of hydrogen-bond donors (Lipinski definition) is 0. The zero-order valence-corrected chi connectivity index (χ0v) is 9.54. The van der Waals surface area contributed by atoms with Crippen LogP contribution in [0.5, 0.6) is 0 Å². The molecular weight excluding hydrogens is 188 g/mol. The van der Waals surface area contributed by atoms with Gasteiger partial charge in [-0.3, -0.25) is 0 Å². The maximum absolute atomic E-state index is 4.93. The lowest BCUT2D eigenvalue weighted by Crippen LogP contribution is -1.88. The van der Waals surface area contributed by atoms with E-state index in [1.165, 1.54) is 32.1 Å². The topological polar surface area (TPSA) is 38.9 Å². The molecule has 0 saturated carbocycles. The lowest BCUT2D eigenvalue weighted by atomic mass is 10.1. The first-order valence-electron chi connectivity index (χ1n) is 5.82. The predicted octanol–water partition coefficient (Wildman–Crippen LogP) is 3.62. The minimum atomic E-state index is 0.524. The molecule has 0 N–H and O–H groups in total. The molecule has 1 aromatic rings. The summed E-state index contributed by atoms with van der Waals surface area (Å²) in [6.45, 7) is 5.81. The molecule has 0 aliphatic heterocycles. The number of aromatic nitrogens is 2. The lowest BCUT2D eigenvalue weighted by Gasteiger charge is -1.97. The Morgan fingerprint density at radius 3 is 2.60 bits per heavy atom. The van der Waals surface area contributed by atoms with Crippen molar-refractivity contribution >= 4 is 6.08 Å². The summed E-state index contributed by atoms with van der Waals surface area (Å²) < 4.78 is 4.93. The van der Waals surface area contributed by atoms with Gasteiger partial charge in [0.1, 0.15) is 0 Å². The van der Waals surface area contributed by atoms with Gasteiger partial charge in [0.25, 0.3) is 0 Å². The van der Waals surface area contributed by atoms with Crippen molar-refractivity contribution in [2.24, 2.45) is 0 Å². The van der Waals surface area contributed by atoms with E-state index in [1.54, 1.807) is 6.08 Å². The van der Waals surface area contributed by atoms with E-state index in [0.29, 0.717) is 5.89 Å². The summed E-state index contributed by atoms with van der Waals surface area (Å²) in [5.74, 6) is 1.33. The first kappa shape index (κ1) is 12.0. The van der Waals surface area contributed by atoms with Gasteiger partial charge in [-0.05, 0) is 12.5 Å². The normalized spacial score (nSPS) is 10.5. The third kappa shape index (κ3) is 4.77. The molecule has 0 fully saturated rings. The Morgan fingerprint density at radius 1 is 1.20 bits per heavy atom. The van der Waals surface area contributed by atoms with Crippen LogP contribution in [0.15, 0.2) is 11.1 Å². The van der Waals surface area contributed by atoms with Gasteiger partial charge in [-0.15, -0.1) is 0 Å². The van der Waals surface area contributed by atoms with E-state index in [9.17, 15) is 0 Å². The van der Waals surface area contributed by atoms with E-state index in [0.717, 1.165) is 18.7 Å². The van der Waals surface area contributed by atoms with Crippen LogP contribution in [-0.4, -0.2) is 10.1 Å². The molecule has 0 atom stereocenters. The Labute approximate surface area is 91.6 Å². The van der Waals surface area contributed by atoms with Gasteiger partial charge in [0.05, 0.1) is 0 Å². The Bertz CT molecular complexity index is 281. The average Bonchev–Trinajstić information content (AvgIpc) is 2.71. The predicted molar refractivity (Wildman–Crippen MR) is 61.5 cm³/mol. The molecule has 0 amide bonds. The highest BCUT2D eigenvalue weighted by Gasteiger charge is 2.01. The fourth-order valence-electron chi connectivity index (χ4n) is 1.52. The van der Waals surface area contributed by atoms with Crippen LogP contribution in [-0.2, 0) is 6.42 Å². The quantitative estimate of drug-likeness (QED) is 0.612. The number of unbranched alkanes of at least 4 members (excludes halogenated alkanes) is 5. The standard InChI is InChI=1S/C12H20N2O/c1-3-5-6-7-8-9-10-11-13-12(4-2)15-14-11/h4H,2-3,5-10H2,1H3. The van der Waals surface area contributed by atoms with Gasteiger partial charge in [0.15, 0.2) is 5.82 Å². The first-order chi connectivity index (χ1) is 7.36. The van der Waals surface area contributed by atoms with Gasteiger partial charge in [-0.2, -0.15) is 4.98 Å². The van der Waals surface area contributed by atoms with E-state index < -0.39 is 0 Å². The van der Waals surface area contributed by atoms with Crippen LogP contribution in [0, 0.1) is 0 Å². The highest BCUT2D eigenvalue weighted by Crippen LogP contribution is 2.08. The van der Waals surface area contributed by atoms with Gasteiger partial charge in [0.2, 0.25) is 5.89 Å². The number of rotatable bonds is 8. The SMILES string of the molecule is C=Cc1nc(CCCCCCCC)no1. The second-order valence-electron chi connectivity index (χ2n) is 3.77. The maximum atomic E-state index is 4.93. The molecule has 1 rings (SSSR count). The Kier molecular flexibility index (Phi) is 5.74. The molecule has 0 unspecified atom stereocenters. The van der Waals surface area contributed by atoms with Gasteiger partial charge in [-0.25, -0.2) is 0 Å². The van der Waals surface area contributed by atoms with Crippen molar-refractivity contribution in [2.75, 3.05) is 0 Å². The van der Waals surface area contributed by atoms with Crippen molar-refractivity contribution in [3.63, 3.8) is 0 Å². The summed E-state index contributed by atoms with van der Waals surface area (Å²) in [4.78, 5) is 4.17. The maximum Gasteiger partial charge on any atom is 0.250 e. The molecule has 0 aliphatic rings. The van der Waals surface area contributed by atoms with E-state index in [2.05, 4.69) is 23.6 Å². The Hall–Kier alpha value is -1.12. The highest BCUT2D eigenvalue weighted by molar-refractivity contribution is 5.32. The van der Waals surface area contributed by atoms with Crippen LogP contribution in [0.1, 0.15) is 57.2 Å². The summed E-state index contributed by atoms with van der Waals surface area (Å²) >= 11 is 0. The zero-order chi connectivity index (χ0) is 10.9. The highest BCUT2D eigenvalue weighted by atomic mass is 16.5. The number of aryl methyl sites for hydroxylation is 1. The largest absolute Gasteiger partial charge is 0.335 e. The molecule has 15 heavy (non-hydrogen) atoms. The second-order valence-corrected chi connectivity index (χ2v) is 3.77. The summed E-state index contributed by atoms with van der Waals surface area (Å²) in [5, 5.41) is 3.86. The number of nitrogens with zero attached hydrogens (tertiary/aromatic N) is 2. The number of hydrogen-bond acceptors (Lipinski definition) is 3. The van der Waals surface area contributed by atoms with Crippen molar-refractivity contribution in [1.82, 2.24) is 10.1 Å². The van der Waals surface area contributed by atoms with E-state index >= 15 is 0 Å². The fourth-order valence-corrected chi connectivity index (χ4v) is 1.52. The fraction of sp³-hybridized carbons (Fsp3) is 0.667. The second kappa shape index (κ2) is 7.21. The monoisotopic (exact) mass is 208 g/mol. The summed E-state index contributed by atoms with van der Waals surface area (Å²) in [7, 11) is 0. The van der Waals surface area contributed by atoms with Crippen molar-refractivity contribution in [3.05, 3.63) is 18.3 Å². The Morgan fingerprint density at radius 2 is 1.93 bits per heavy atom. The van der Waals surface area contributed by atoms with E-state index in [1.807, 2.05) is 0 Å². The Balaban J connectivity index is 2.07. The van der Waals surface area contributed by atoms with Gasteiger partial charge in [-0.1, -0.05) is 50.8 Å². The van der Waals surface area contributed by atoms with Crippen LogP contribution in [0.3, 0.4) is 0 Å². The van der Waals surface area contributed by atoms with Gasteiger partial charge >= 0.3 is 0 Å². The first-order valence-corrected chi connectivity index (χ1v) is 5.82. The van der Waals surface area contributed by atoms with Crippen molar-refractivity contribution in [3.8, 4) is 0 Å². The molecule has 0 aliphatic carbocycles. The minimum absolute atomic E-state index is 0.524. The molecule has 1 heterocycles. The van der Waals surface area contributed by atoms with E-state index in [4.69, 9.17) is 4.52 Å². The van der Waals surface area contributed by atoms with Crippen LogP contribution < -0.4 is 0 Å². The molecule has 84 valence electrons. The summed E-state index contributed by atoms with van der Waals surface area (Å²) in [5.41, 5.74) is 0. The third-order valence-corrected chi connectivity index (χ3v) is 2.41. The summed E-state index contributed by atoms with van der Waals surface area (Å²) in [6, 6.07) is 0. The molecule has 3 nitrogen and oxygen atoms in total. The molecule has 0 spiro atoms. The van der Waals surface area contributed by atoms with Crippen LogP contribution >= 0.6 is 0 Å². The third-order valence-electron chi connectivity index (χ3n) is 2.41. The van der Waals surface area contributed by atoms with E-state index in [-0.39, 0.29) is 0 Å². The molecule has 0 saturated heterocycles. The smallest absolute Gasteiger partial charge is 0.250 e. The molecular formula is C12H20N2O. The lowest BCUT2D eigenvalue weighted by molar-refractivity contribution is 0.402. The van der Waals surface area contributed by atoms with Crippen molar-refractivity contribution in [1.29, 1.82) is 0 Å². The molecule has 0 aromatic carbocycles. The molecule has 0 radical (unpaired) electrons. The molecule has 1 aromatic heterocycles. The van der Waals surface area contributed by atoms with Crippen LogP contribution in [0.25, 0.3) is 6.08 Å². The average molecular weight is 208 g/mol. The van der Waals surface area contributed by atoms with Crippen molar-refractivity contribution < 1.29 is 4.52 Å². The van der Waals surface area contributed by atoms with Crippen LogP contribution in [0.2, 0.25) is 0 Å². The zero-order valence-electron chi connectivity index (χ0n) is 9.54. The van der Waals surface area contributed by atoms with Gasteiger partial charge in [0, 0.05) is 6.42 Å². The van der Waals surface area contributed by atoms with Gasteiger partial charge < -0.3 is 4.52 Å². The van der Waals surface area contributed by atoms with Crippen molar-refractivity contribution in [2.45, 2.75) is 51.9 Å². The minimum Gasteiger partial charge on any atom is -0.335 e. The summed E-state index contributed by atoms with van der Waals surface area (Å²) in [6.07, 6.45) is 10.2. The molecule has 3 heteroatoms.